The molecule has 2 rings (SSSR count). The molecule has 15 heavy (non-hydrogen) atoms. The van der Waals surface area contributed by atoms with Crippen molar-refractivity contribution < 1.29 is 5.11 Å². The minimum atomic E-state index is -0.844. The molecule has 0 bridgehead atoms. The molecule has 1 nitrogen and oxygen atoms in total. The Hall–Kier alpha value is -0.640. The zero-order chi connectivity index (χ0) is 11.1. The van der Waals surface area contributed by atoms with Gasteiger partial charge in [-0.05, 0) is 49.9 Å². The summed E-state index contributed by atoms with van der Waals surface area (Å²) in [4.78, 5) is 3.48. The second-order valence-electron chi connectivity index (χ2n) is 3.93. The SMILES string of the molecule is Cc1cc(C(C)(O)c2ccc(C)s2)cs1. The molecule has 2 heterocycles. The fourth-order valence-corrected chi connectivity index (χ4v) is 3.28. The highest BCUT2D eigenvalue weighted by molar-refractivity contribution is 7.12. The Morgan fingerprint density at radius 3 is 2.40 bits per heavy atom. The standard InChI is InChI=1S/C12H14OS2/c1-8-4-5-11(15-8)12(3,13)10-6-9(2)14-7-10/h4-7,13H,1-3H3. The summed E-state index contributed by atoms with van der Waals surface area (Å²) in [5, 5.41) is 12.5. The summed E-state index contributed by atoms with van der Waals surface area (Å²) in [5.41, 5.74) is 0.149. The lowest BCUT2D eigenvalue weighted by molar-refractivity contribution is 0.107. The first kappa shape index (κ1) is 10.9. The fourth-order valence-electron chi connectivity index (χ4n) is 1.54. The molecule has 2 aromatic rings. The van der Waals surface area contributed by atoms with Crippen LogP contribution in [-0.2, 0) is 5.60 Å². The molecule has 0 saturated carbocycles. The van der Waals surface area contributed by atoms with Crippen molar-refractivity contribution in [2.24, 2.45) is 0 Å². The summed E-state index contributed by atoms with van der Waals surface area (Å²) in [5.74, 6) is 0. The average Bonchev–Trinajstić information content (AvgIpc) is 2.74. The van der Waals surface area contributed by atoms with Gasteiger partial charge >= 0.3 is 0 Å². The van der Waals surface area contributed by atoms with Gasteiger partial charge < -0.3 is 5.11 Å². The van der Waals surface area contributed by atoms with Crippen LogP contribution in [0.15, 0.2) is 23.6 Å². The van der Waals surface area contributed by atoms with Gasteiger partial charge in [-0.2, -0.15) is 0 Å². The summed E-state index contributed by atoms with van der Waals surface area (Å²) < 4.78 is 0. The minimum absolute atomic E-state index is 0.844. The average molecular weight is 238 g/mol. The van der Waals surface area contributed by atoms with Crippen molar-refractivity contribution in [2.45, 2.75) is 26.4 Å². The van der Waals surface area contributed by atoms with Crippen molar-refractivity contribution in [2.75, 3.05) is 0 Å². The Kier molecular flexibility index (Phi) is 2.71. The molecule has 1 N–H and O–H groups in total. The van der Waals surface area contributed by atoms with Crippen LogP contribution in [0.25, 0.3) is 0 Å². The largest absolute Gasteiger partial charge is 0.380 e. The first-order valence-corrected chi connectivity index (χ1v) is 6.54. The van der Waals surface area contributed by atoms with Crippen molar-refractivity contribution in [3.8, 4) is 0 Å². The second-order valence-corrected chi connectivity index (χ2v) is 6.33. The lowest BCUT2D eigenvalue weighted by atomic mass is 9.97. The zero-order valence-corrected chi connectivity index (χ0v) is 10.7. The van der Waals surface area contributed by atoms with Gasteiger partial charge in [-0.1, -0.05) is 0 Å². The van der Waals surface area contributed by atoms with Crippen LogP contribution in [-0.4, -0.2) is 5.11 Å². The topological polar surface area (TPSA) is 20.2 Å². The van der Waals surface area contributed by atoms with E-state index in [1.54, 1.807) is 22.7 Å². The summed E-state index contributed by atoms with van der Waals surface area (Å²) in [7, 11) is 0. The molecule has 3 heteroatoms. The molecular formula is C12H14OS2. The van der Waals surface area contributed by atoms with Gasteiger partial charge in [0, 0.05) is 14.6 Å². The molecule has 0 aliphatic rings. The maximum Gasteiger partial charge on any atom is 0.122 e. The number of rotatable bonds is 2. The lowest BCUT2D eigenvalue weighted by Gasteiger charge is -2.20. The summed E-state index contributed by atoms with van der Waals surface area (Å²) in [6.45, 7) is 5.98. The summed E-state index contributed by atoms with van der Waals surface area (Å²) in [6, 6.07) is 6.11. The molecular weight excluding hydrogens is 224 g/mol. The van der Waals surface area contributed by atoms with Crippen LogP contribution in [0.3, 0.4) is 0 Å². The van der Waals surface area contributed by atoms with Gasteiger partial charge in [0.25, 0.3) is 0 Å². The Morgan fingerprint density at radius 1 is 1.20 bits per heavy atom. The summed E-state index contributed by atoms with van der Waals surface area (Å²) >= 11 is 3.33. The van der Waals surface area contributed by atoms with Gasteiger partial charge in [-0.3, -0.25) is 0 Å². The maximum absolute atomic E-state index is 10.5. The van der Waals surface area contributed by atoms with E-state index in [4.69, 9.17) is 0 Å². The van der Waals surface area contributed by atoms with Crippen LogP contribution in [0.5, 0.6) is 0 Å². The predicted molar refractivity (Wildman–Crippen MR) is 66.8 cm³/mol. The van der Waals surface area contributed by atoms with Crippen LogP contribution in [0.2, 0.25) is 0 Å². The van der Waals surface area contributed by atoms with Crippen molar-refractivity contribution in [3.05, 3.63) is 43.8 Å². The Labute approximate surface area is 98.0 Å². The van der Waals surface area contributed by atoms with Gasteiger partial charge in [0.15, 0.2) is 0 Å². The van der Waals surface area contributed by atoms with Gasteiger partial charge in [-0.15, -0.1) is 22.7 Å². The molecule has 0 saturated heterocycles. The van der Waals surface area contributed by atoms with E-state index in [9.17, 15) is 5.11 Å². The van der Waals surface area contributed by atoms with Crippen LogP contribution in [0.1, 0.15) is 27.1 Å². The Balaban J connectivity index is 2.42. The van der Waals surface area contributed by atoms with Crippen LogP contribution in [0, 0.1) is 13.8 Å². The Bertz CT molecular complexity index is 423. The van der Waals surface area contributed by atoms with E-state index in [0.29, 0.717) is 0 Å². The third-order valence-electron chi connectivity index (χ3n) is 2.51. The quantitative estimate of drug-likeness (QED) is 0.846. The number of hydrogen-bond donors (Lipinski definition) is 1. The van der Waals surface area contributed by atoms with Crippen molar-refractivity contribution in [3.63, 3.8) is 0 Å². The summed E-state index contributed by atoms with van der Waals surface area (Å²) in [6.07, 6.45) is 0. The number of thiophene rings is 2. The van der Waals surface area contributed by atoms with E-state index in [2.05, 4.69) is 19.9 Å². The van der Waals surface area contributed by atoms with Gasteiger partial charge in [0.05, 0.1) is 0 Å². The second kappa shape index (κ2) is 3.74. The smallest absolute Gasteiger partial charge is 0.122 e. The van der Waals surface area contributed by atoms with E-state index >= 15 is 0 Å². The normalized spacial score (nSPS) is 15.2. The number of aliphatic hydroxyl groups is 1. The molecule has 0 radical (unpaired) electrons. The Morgan fingerprint density at radius 2 is 1.93 bits per heavy atom. The molecule has 0 fully saturated rings. The molecule has 0 aromatic carbocycles. The molecule has 0 amide bonds. The molecule has 0 aliphatic carbocycles. The molecule has 0 aliphatic heterocycles. The van der Waals surface area contributed by atoms with Crippen LogP contribution >= 0.6 is 22.7 Å². The predicted octanol–water partition coefficient (Wildman–Crippen LogP) is 3.68. The maximum atomic E-state index is 10.5. The van der Waals surface area contributed by atoms with Crippen molar-refractivity contribution in [1.29, 1.82) is 0 Å². The van der Waals surface area contributed by atoms with E-state index in [1.165, 1.54) is 9.75 Å². The first-order chi connectivity index (χ1) is 7.00. The molecule has 80 valence electrons. The van der Waals surface area contributed by atoms with E-state index < -0.39 is 5.60 Å². The number of aryl methyl sites for hydroxylation is 2. The highest BCUT2D eigenvalue weighted by atomic mass is 32.1. The first-order valence-electron chi connectivity index (χ1n) is 4.85. The monoisotopic (exact) mass is 238 g/mol. The van der Waals surface area contributed by atoms with E-state index in [0.717, 1.165) is 10.4 Å². The third-order valence-corrected chi connectivity index (χ3v) is 4.59. The van der Waals surface area contributed by atoms with Crippen LogP contribution in [0.4, 0.5) is 0 Å². The van der Waals surface area contributed by atoms with Gasteiger partial charge in [-0.25, -0.2) is 0 Å². The highest BCUT2D eigenvalue weighted by Gasteiger charge is 2.27. The van der Waals surface area contributed by atoms with Crippen molar-refractivity contribution >= 4 is 22.7 Å². The van der Waals surface area contributed by atoms with Crippen LogP contribution < -0.4 is 0 Å². The molecule has 0 spiro atoms. The molecule has 2 aromatic heterocycles. The molecule has 1 unspecified atom stereocenters. The third kappa shape index (κ3) is 2.00. The minimum Gasteiger partial charge on any atom is -0.380 e. The van der Waals surface area contributed by atoms with E-state index in [-0.39, 0.29) is 0 Å². The van der Waals surface area contributed by atoms with Crippen molar-refractivity contribution in [1.82, 2.24) is 0 Å². The zero-order valence-electron chi connectivity index (χ0n) is 9.07. The van der Waals surface area contributed by atoms with E-state index in [1.807, 2.05) is 24.4 Å². The van der Waals surface area contributed by atoms with Gasteiger partial charge in [0.1, 0.15) is 5.60 Å². The highest BCUT2D eigenvalue weighted by Crippen LogP contribution is 2.35. The fraction of sp³-hybridized carbons (Fsp3) is 0.333. The molecule has 1 atom stereocenters. The lowest BCUT2D eigenvalue weighted by Crippen LogP contribution is -2.20. The number of hydrogen-bond acceptors (Lipinski definition) is 3. The van der Waals surface area contributed by atoms with Gasteiger partial charge in [0.2, 0.25) is 0 Å².